The topological polar surface area (TPSA) is 75.0 Å². The van der Waals surface area contributed by atoms with Gasteiger partial charge in [-0.15, -0.1) is 0 Å². The zero-order valence-electron chi connectivity index (χ0n) is 9.86. The van der Waals surface area contributed by atoms with Gasteiger partial charge in [-0.05, 0) is 12.7 Å². The molecule has 0 aliphatic rings. The number of nitrogens with one attached hydrogen (secondary N) is 1. The minimum atomic E-state index is -0.101. The minimum Gasteiger partial charge on any atom is -0.396 e. The van der Waals surface area contributed by atoms with E-state index in [4.69, 9.17) is 5.73 Å². The maximum Gasteiger partial charge on any atom is 0.274 e. The van der Waals surface area contributed by atoms with Crippen LogP contribution in [0.5, 0.6) is 0 Å². The number of H-pyrrole nitrogens is 1. The average Bonchev–Trinajstić information content (AvgIpc) is 2.70. The molecule has 6 heteroatoms. The van der Waals surface area contributed by atoms with Crippen molar-refractivity contribution in [1.82, 2.24) is 15.1 Å². The molecule has 3 N–H and O–H groups in total. The number of carbonyl (C=O) groups excluding carboxylic acids is 1. The minimum absolute atomic E-state index is 0.101. The summed E-state index contributed by atoms with van der Waals surface area (Å²) < 4.78 is 0. The van der Waals surface area contributed by atoms with Crippen LogP contribution < -0.4 is 5.73 Å². The molecule has 1 amide bonds. The zero-order chi connectivity index (χ0) is 12.1. The monoisotopic (exact) mass is 242 g/mol. The predicted octanol–water partition coefficient (Wildman–Crippen LogP) is 1.21. The van der Waals surface area contributed by atoms with E-state index in [1.54, 1.807) is 23.7 Å². The second-order valence-corrected chi connectivity index (χ2v) is 4.54. The number of nitrogens with zero attached hydrogens (tertiary/aromatic N) is 2. The van der Waals surface area contributed by atoms with E-state index in [2.05, 4.69) is 17.1 Å². The first-order valence-corrected chi connectivity index (χ1v) is 6.56. The number of nitrogens with two attached hydrogens (primary N) is 1. The summed E-state index contributed by atoms with van der Waals surface area (Å²) in [7, 11) is 1.80. The Morgan fingerprint density at radius 3 is 2.88 bits per heavy atom. The Hall–Kier alpha value is -1.17. The van der Waals surface area contributed by atoms with E-state index in [1.807, 2.05) is 6.26 Å². The normalized spacial score (nSPS) is 12.4. The lowest BCUT2D eigenvalue weighted by molar-refractivity contribution is 0.0738. The summed E-state index contributed by atoms with van der Waals surface area (Å²) in [5.74, 6) is 0.822. The molecule has 1 aromatic rings. The van der Waals surface area contributed by atoms with Gasteiger partial charge in [-0.2, -0.15) is 16.9 Å². The molecule has 5 nitrogen and oxygen atoms in total. The highest BCUT2D eigenvalue weighted by Crippen LogP contribution is 2.14. The summed E-state index contributed by atoms with van der Waals surface area (Å²) in [6, 6.07) is 0.227. The van der Waals surface area contributed by atoms with Crippen LogP contribution in [-0.2, 0) is 0 Å². The molecule has 16 heavy (non-hydrogen) atoms. The van der Waals surface area contributed by atoms with Crippen molar-refractivity contribution in [1.29, 1.82) is 0 Å². The summed E-state index contributed by atoms with van der Waals surface area (Å²) in [6.07, 6.45) is 4.42. The Bertz CT molecular complexity index is 352. The number of amides is 1. The van der Waals surface area contributed by atoms with Gasteiger partial charge < -0.3 is 10.6 Å². The fourth-order valence-corrected chi connectivity index (χ4v) is 2.35. The molecule has 90 valence electrons. The van der Waals surface area contributed by atoms with Crippen LogP contribution in [0.2, 0.25) is 0 Å². The largest absolute Gasteiger partial charge is 0.396 e. The van der Waals surface area contributed by atoms with E-state index in [9.17, 15) is 4.79 Å². The quantitative estimate of drug-likeness (QED) is 0.813. The fourth-order valence-electron chi connectivity index (χ4n) is 1.50. The van der Waals surface area contributed by atoms with Gasteiger partial charge in [0.15, 0.2) is 0 Å². The molecule has 0 fully saturated rings. The lowest BCUT2D eigenvalue weighted by atomic mass is 10.2. The van der Waals surface area contributed by atoms with Crippen molar-refractivity contribution in [2.45, 2.75) is 19.4 Å². The second-order valence-electron chi connectivity index (χ2n) is 3.63. The molecule has 1 heterocycles. The number of thioether (sulfide) groups is 1. The van der Waals surface area contributed by atoms with Crippen LogP contribution in [0.4, 0.5) is 5.69 Å². The Kier molecular flexibility index (Phi) is 4.67. The number of anilines is 1. The SMILES string of the molecule is CCC(CSC)N(C)C(=O)c1[nH]ncc1N. The molecule has 0 saturated carbocycles. The van der Waals surface area contributed by atoms with Gasteiger partial charge in [-0.1, -0.05) is 6.92 Å². The van der Waals surface area contributed by atoms with E-state index in [0.29, 0.717) is 11.4 Å². The van der Waals surface area contributed by atoms with Crippen LogP contribution in [0.15, 0.2) is 6.20 Å². The van der Waals surface area contributed by atoms with Crippen LogP contribution >= 0.6 is 11.8 Å². The molecule has 1 rings (SSSR count). The summed E-state index contributed by atoms with van der Waals surface area (Å²) in [5.41, 5.74) is 6.42. The summed E-state index contributed by atoms with van der Waals surface area (Å²) in [6.45, 7) is 2.07. The second kappa shape index (κ2) is 5.79. The van der Waals surface area contributed by atoms with E-state index in [-0.39, 0.29) is 11.9 Å². The Morgan fingerprint density at radius 1 is 1.75 bits per heavy atom. The van der Waals surface area contributed by atoms with Gasteiger partial charge in [0.05, 0.1) is 11.9 Å². The van der Waals surface area contributed by atoms with Crippen molar-refractivity contribution in [3.63, 3.8) is 0 Å². The zero-order valence-corrected chi connectivity index (χ0v) is 10.7. The van der Waals surface area contributed by atoms with Gasteiger partial charge in [-0.3, -0.25) is 9.89 Å². The highest BCUT2D eigenvalue weighted by atomic mass is 32.2. The number of hydrogen-bond acceptors (Lipinski definition) is 4. The van der Waals surface area contributed by atoms with Crippen LogP contribution in [0.3, 0.4) is 0 Å². The number of carbonyl (C=O) groups is 1. The highest BCUT2D eigenvalue weighted by Gasteiger charge is 2.22. The van der Waals surface area contributed by atoms with E-state index in [1.165, 1.54) is 6.20 Å². The Labute approximate surface area is 99.8 Å². The van der Waals surface area contributed by atoms with Gasteiger partial charge in [0.1, 0.15) is 5.69 Å². The molecular weight excluding hydrogens is 224 g/mol. The number of aromatic amines is 1. The van der Waals surface area contributed by atoms with Gasteiger partial charge in [0, 0.05) is 18.8 Å². The molecule has 0 spiro atoms. The molecule has 0 bridgehead atoms. The molecule has 0 saturated heterocycles. The highest BCUT2D eigenvalue weighted by molar-refractivity contribution is 7.98. The maximum absolute atomic E-state index is 12.1. The summed E-state index contributed by atoms with van der Waals surface area (Å²) in [4.78, 5) is 13.8. The lowest BCUT2D eigenvalue weighted by Crippen LogP contribution is -2.38. The molecule has 0 aliphatic carbocycles. The Morgan fingerprint density at radius 2 is 2.44 bits per heavy atom. The maximum atomic E-state index is 12.1. The van der Waals surface area contributed by atoms with Crippen LogP contribution in [0.1, 0.15) is 23.8 Å². The first-order chi connectivity index (χ1) is 7.61. The van der Waals surface area contributed by atoms with Crippen LogP contribution in [0, 0.1) is 0 Å². The van der Waals surface area contributed by atoms with Crippen LogP contribution in [-0.4, -0.2) is 46.1 Å². The van der Waals surface area contributed by atoms with Crippen LogP contribution in [0.25, 0.3) is 0 Å². The predicted molar refractivity (Wildman–Crippen MR) is 67.6 cm³/mol. The van der Waals surface area contributed by atoms with Crippen molar-refractivity contribution < 1.29 is 4.79 Å². The number of rotatable bonds is 5. The van der Waals surface area contributed by atoms with Gasteiger partial charge in [-0.25, -0.2) is 0 Å². The third-order valence-corrected chi connectivity index (χ3v) is 3.30. The summed E-state index contributed by atoms with van der Waals surface area (Å²) >= 11 is 1.73. The van der Waals surface area contributed by atoms with Crippen molar-refractivity contribution in [2.75, 3.05) is 24.8 Å². The molecule has 1 atom stereocenters. The van der Waals surface area contributed by atoms with Crippen molar-refractivity contribution in [3.05, 3.63) is 11.9 Å². The molecular formula is C10H18N4OS. The molecule has 1 aromatic heterocycles. The summed E-state index contributed by atoms with van der Waals surface area (Å²) in [5, 5.41) is 6.39. The standard InChI is InChI=1S/C10H18N4OS/c1-4-7(6-16-3)14(2)10(15)9-8(11)5-12-13-9/h5,7H,4,6,11H2,1-3H3,(H,12,13). The molecule has 1 unspecified atom stereocenters. The third-order valence-electron chi connectivity index (χ3n) is 2.58. The van der Waals surface area contributed by atoms with Crippen molar-refractivity contribution in [3.8, 4) is 0 Å². The van der Waals surface area contributed by atoms with Crippen molar-refractivity contribution in [2.24, 2.45) is 0 Å². The smallest absolute Gasteiger partial charge is 0.274 e. The number of hydrogen-bond donors (Lipinski definition) is 2. The average molecular weight is 242 g/mol. The van der Waals surface area contributed by atoms with E-state index >= 15 is 0 Å². The Balaban J connectivity index is 2.77. The molecule has 0 radical (unpaired) electrons. The van der Waals surface area contributed by atoms with Crippen molar-refractivity contribution >= 4 is 23.4 Å². The van der Waals surface area contributed by atoms with E-state index in [0.717, 1.165) is 12.2 Å². The van der Waals surface area contributed by atoms with Gasteiger partial charge in [0.25, 0.3) is 5.91 Å². The lowest BCUT2D eigenvalue weighted by Gasteiger charge is -2.26. The first kappa shape index (κ1) is 12.9. The molecule has 0 aliphatic heterocycles. The number of nitrogen functional groups attached to an aromatic ring is 1. The van der Waals surface area contributed by atoms with Gasteiger partial charge in [0.2, 0.25) is 0 Å². The third kappa shape index (κ3) is 2.69. The fraction of sp³-hybridized carbons (Fsp3) is 0.600. The molecule has 0 aromatic carbocycles. The van der Waals surface area contributed by atoms with E-state index < -0.39 is 0 Å². The first-order valence-electron chi connectivity index (χ1n) is 5.16. The number of aromatic nitrogens is 2. The van der Waals surface area contributed by atoms with Gasteiger partial charge >= 0.3 is 0 Å².